The minimum atomic E-state index is -4.38. The van der Waals surface area contributed by atoms with Crippen LogP contribution in [0.3, 0.4) is 0 Å². The molecule has 0 spiro atoms. The molecule has 3 rings (SSSR count). The number of nitrogens with two attached hydrogens (primary N) is 1. The van der Waals surface area contributed by atoms with Crippen LogP contribution in [0.1, 0.15) is 41.3 Å². The van der Waals surface area contributed by atoms with Gasteiger partial charge in [-0.05, 0) is 60.0 Å². The zero-order valence-corrected chi connectivity index (χ0v) is 16.2. The predicted octanol–water partition coefficient (Wildman–Crippen LogP) is 5.74. The summed E-state index contributed by atoms with van der Waals surface area (Å²) in [5.74, 6) is 0.728. The maximum absolute atomic E-state index is 13.1. The van der Waals surface area contributed by atoms with E-state index in [-0.39, 0.29) is 12.1 Å². The molecule has 0 heterocycles. The van der Waals surface area contributed by atoms with Crippen molar-refractivity contribution in [3.05, 3.63) is 95.1 Å². The predicted molar refractivity (Wildman–Crippen MR) is 109 cm³/mol. The summed E-state index contributed by atoms with van der Waals surface area (Å²) < 4.78 is 44.5. The maximum Gasteiger partial charge on any atom is 0.416 e. The summed E-state index contributed by atoms with van der Waals surface area (Å²) in [6, 6.07) is 19.8. The Hall–Kier alpha value is -2.99. The van der Waals surface area contributed by atoms with Crippen molar-refractivity contribution in [2.45, 2.75) is 25.2 Å². The van der Waals surface area contributed by atoms with Crippen LogP contribution in [0.4, 0.5) is 18.9 Å². The fourth-order valence-corrected chi connectivity index (χ4v) is 3.25. The summed E-state index contributed by atoms with van der Waals surface area (Å²) in [4.78, 5) is 0. The second-order valence-corrected chi connectivity index (χ2v) is 6.89. The molecule has 3 nitrogen and oxygen atoms in total. The van der Waals surface area contributed by atoms with Gasteiger partial charge in [-0.3, -0.25) is 5.32 Å². The molecule has 0 aliphatic carbocycles. The molecular formula is C23H23F3N2O. The number of rotatable bonds is 6. The van der Waals surface area contributed by atoms with Gasteiger partial charge in [0.15, 0.2) is 0 Å². The van der Waals surface area contributed by atoms with Crippen LogP contribution in [-0.2, 0) is 6.18 Å². The van der Waals surface area contributed by atoms with Crippen LogP contribution in [0.25, 0.3) is 0 Å². The topological polar surface area (TPSA) is 47.3 Å². The summed E-state index contributed by atoms with van der Waals surface area (Å²) in [7, 11) is 1.60. The standard InChI is InChI=1S/C23H23F3N2O/c1-15(17-5-3-7-19(13-17)23(24,25)26)28-22(18-6-4-8-20(27)14-18)16-9-11-21(29-2)12-10-16/h3-15,22,28H,27H2,1-2H3. The third-order valence-corrected chi connectivity index (χ3v) is 4.82. The Bertz CT molecular complexity index is 955. The van der Waals surface area contributed by atoms with Gasteiger partial charge in [-0.1, -0.05) is 36.4 Å². The number of hydrogen-bond donors (Lipinski definition) is 2. The number of halogens is 3. The van der Waals surface area contributed by atoms with E-state index in [9.17, 15) is 13.2 Å². The highest BCUT2D eigenvalue weighted by Gasteiger charge is 2.31. The van der Waals surface area contributed by atoms with E-state index in [0.717, 1.165) is 22.9 Å². The van der Waals surface area contributed by atoms with E-state index >= 15 is 0 Å². The fraction of sp³-hybridized carbons (Fsp3) is 0.217. The smallest absolute Gasteiger partial charge is 0.416 e. The van der Waals surface area contributed by atoms with Crippen molar-refractivity contribution in [2.75, 3.05) is 12.8 Å². The molecule has 2 atom stereocenters. The SMILES string of the molecule is COc1ccc(C(NC(C)c2cccc(C(F)(F)F)c2)c2cccc(N)c2)cc1. The lowest BCUT2D eigenvalue weighted by Gasteiger charge is -2.25. The van der Waals surface area contributed by atoms with Crippen LogP contribution < -0.4 is 15.8 Å². The van der Waals surface area contributed by atoms with Gasteiger partial charge in [0.1, 0.15) is 5.75 Å². The van der Waals surface area contributed by atoms with Gasteiger partial charge < -0.3 is 10.5 Å². The zero-order valence-electron chi connectivity index (χ0n) is 16.2. The lowest BCUT2D eigenvalue weighted by molar-refractivity contribution is -0.137. The maximum atomic E-state index is 13.1. The summed E-state index contributed by atoms with van der Waals surface area (Å²) in [5, 5.41) is 3.45. The van der Waals surface area contributed by atoms with E-state index in [1.807, 2.05) is 49.4 Å². The number of benzene rings is 3. The summed E-state index contributed by atoms with van der Waals surface area (Å²) in [5.41, 5.74) is 8.35. The van der Waals surface area contributed by atoms with Gasteiger partial charge in [0.05, 0.1) is 18.7 Å². The second-order valence-electron chi connectivity index (χ2n) is 6.89. The van der Waals surface area contributed by atoms with E-state index in [1.165, 1.54) is 12.1 Å². The van der Waals surface area contributed by atoms with Crippen LogP contribution in [0.5, 0.6) is 5.75 Å². The van der Waals surface area contributed by atoms with E-state index in [4.69, 9.17) is 10.5 Å². The van der Waals surface area contributed by atoms with E-state index in [0.29, 0.717) is 11.3 Å². The van der Waals surface area contributed by atoms with Crippen molar-refractivity contribution in [3.63, 3.8) is 0 Å². The lowest BCUT2D eigenvalue weighted by Crippen LogP contribution is -2.26. The van der Waals surface area contributed by atoms with Crippen LogP contribution >= 0.6 is 0 Å². The van der Waals surface area contributed by atoms with Gasteiger partial charge >= 0.3 is 6.18 Å². The summed E-state index contributed by atoms with van der Waals surface area (Å²) in [6.07, 6.45) is -4.38. The molecular weight excluding hydrogens is 377 g/mol. The summed E-state index contributed by atoms with van der Waals surface area (Å²) >= 11 is 0. The number of ether oxygens (including phenoxy) is 1. The first-order valence-electron chi connectivity index (χ1n) is 9.20. The molecule has 0 saturated heterocycles. The third kappa shape index (κ3) is 5.09. The molecule has 0 aromatic heterocycles. The Morgan fingerprint density at radius 1 is 0.862 bits per heavy atom. The van der Waals surface area contributed by atoms with Gasteiger partial charge in [0.2, 0.25) is 0 Å². The molecule has 3 aromatic carbocycles. The van der Waals surface area contributed by atoms with E-state index in [2.05, 4.69) is 5.32 Å². The summed E-state index contributed by atoms with van der Waals surface area (Å²) in [6.45, 7) is 1.85. The molecule has 0 aliphatic heterocycles. The number of nitrogens with one attached hydrogen (secondary N) is 1. The largest absolute Gasteiger partial charge is 0.497 e. The lowest BCUT2D eigenvalue weighted by atomic mass is 9.95. The van der Waals surface area contributed by atoms with Gasteiger partial charge in [0.25, 0.3) is 0 Å². The first kappa shape index (κ1) is 20.7. The molecule has 0 saturated carbocycles. The van der Waals surface area contributed by atoms with Crippen molar-refractivity contribution in [1.29, 1.82) is 0 Å². The quantitative estimate of drug-likeness (QED) is 0.519. The van der Waals surface area contributed by atoms with Gasteiger partial charge in [-0.2, -0.15) is 13.2 Å². The van der Waals surface area contributed by atoms with Gasteiger partial charge in [-0.15, -0.1) is 0 Å². The Labute approximate surface area is 168 Å². The average molecular weight is 400 g/mol. The van der Waals surface area contributed by atoms with Crippen molar-refractivity contribution < 1.29 is 17.9 Å². The zero-order chi connectivity index (χ0) is 21.0. The van der Waals surface area contributed by atoms with Crippen LogP contribution in [0.15, 0.2) is 72.8 Å². The first-order valence-corrected chi connectivity index (χ1v) is 9.20. The highest BCUT2D eigenvalue weighted by molar-refractivity contribution is 5.45. The number of hydrogen-bond acceptors (Lipinski definition) is 3. The van der Waals surface area contributed by atoms with E-state index < -0.39 is 11.7 Å². The third-order valence-electron chi connectivity index (χ3n) is 4.82. The number of methoxy groups -OCH3 is 1. The van der Waals surface area contributed by atoms with Gasteiger partial charge in [0, 0.05) is 11.7 Å². The second kappa shape index (κ2) is 8.57. The molecule has 0 bridgehead atoms. The minimum Gasteiger partial charge on any atom is -0.497 e. The highest BCUT2D eigenvalue weighted by atomic mass is 19.4. The minimum absolute atomic E-state index is 0.256. The number of nitrogen functional groups attached to an aromatic ring is 1. The first-order chi connectivity index (χ1) is 13.8. The molecule has 0 fully saturated rings. The van der Waals surface area contributed by atoms with E-state index in [1.54, 1.807) is 19.2 Å². The molecule has 3 N–H and O–H groups in total. The molecule has 2 unspecified atom stereocenters. The fourth-order valence-electron chi connectivity index (χ4n) is 3.25. The molecule has 0 amide bonds. The Balaban J connectivity index is 1.94. The Morgan fingerprint density at radius 2 is 1.52 bits per heavy atom. The molecule has 152 valence electrons. The van der Waals surface area contributed by atoms with Crippen LogP contribution in [-0.4, -0.2) is 7.11 Å². The Kier molecular flexibility index (Phi) is 6.13. The monoisotopic (exact) mass is 400 g/mol. The molecule has 3 aromatic rings. The molecule has 0 aliphatic rings. The normalized spacial score (nSPS) is 13.7. The number of anilines is 1. The van der Waals surface area contributed by atoms with Crippen molar-refractivity contribution in [1.82, 2.24) is 5.32 Å². The number of alkyl halides is 3. The Morgan fingerprint density at radius 3 is 2.14 bits per heavy atom. The average Bonchev–Trinajstić information content (AvgIpc) is 2.71. The molecule has 0 radical (unpaired) electrons. The van der Waals surface area contributed by atoms with Gasteiger partial charge in [-0.25, -0.2) is 0 Å². The molecule has 29 heavy (non-hydrogen) atoms. The van der Waals surface area contributed by atoms with Crippen molar-refractivity contribution >= 4 is 5.69 Å². The highest BCUT2D eigenvalue weighted by Crippen LogP contribution is 2.32. The van der Waals surface area contributed by atoms with Crippen LogP contribution in [0.2, 0.25) is 0 Å². The van der Waals surface area contributed by atoms with Crippen LogP contribution in [0, 0.1) is 0 Å². The van der Waals surface area contributed by atoms with Crippen molar-refractivity contribution in [3.8, 4) is 5.75 Å². The molecule has 6 heteroatoms. The van der Waals surface area contributed by atoms with Crippen molar-refractivity contribution in [2.24, 2.45) is 0 Å².